The van der Waals surface area contributed by atoms with E-state index in [9.17, 15) is 9.59 Å². The summed E-state index contributed by atoms with van der Waals surface area (Å²) in [6.45, 7) is 2.75. The Morgan fingerprint density at radius 3 is 2.52 bits per heavy atom. The number of benzene rings is 2. The zero-order valence-corrected chi connectivity index (χ0v) is 17.5. The van der Waals surface area contributed by atoms with Gasteiger partial charge in [0.15, 0.2) is 0 Å². The molecular formula is C24H24N4O3. The minimum Gasteiger partial charge on any atom is -0.465 e. The average molecular weight is 416 g/mol. The number of aryl methyl sites for hydroxylation is 1. The van der Waals surface area contributed by atoms with Crippen LogP contribution in [0.2, 0.25) is 0 Å². The van der Waals surface area contributed by atoms with Crippen LogP contribution in [0.15, 0.2) is 67.0 Å². The highest BCUT2D eigenvalue weighted by atomic mass is 16.5. The van der Waals surface area contributed by atoms with E-state index in [0.717, 1.165) is 22.9 Å². The number of fused-ring (bicyclic) bond motifs is 1. The van der Waals surface area contributed by atoms with E-state index in [1.165, 1.54) is 12.7 Å². The Morgan fingerprint density at radius 2 is 1.77 bits per heavy atom. The van der Waals surface area contributed by atoms with Crippen LogP contribution in [0, 0.1) is 0 Å². The standard InChI is InChI=1S/C24H24N4O3/c1-3-17-8-10-18(11-9-17)14-28-22(12-13-25-28)26-23(29)16-27-15-20(24(30)31-2)19-6-4-5-7-21(19)27/h4-13,15H,3,14,16H2,1-2H3,(H,26,29). The summed E-state index contributed by atoms with van der Waals surface area (Å²) in [6.07, 6.45) is 4.31. The summed E-state index contributed by atoms with van der Waals surface area (Å²) in [4.78, 5) is 24.9. The van der Waals surface area contributed by atoms with Crippen molar-refractivity contribution in [3.8, 4) is 0 Å². The first kappa shape index (κ1) is 20.4. The van der Waals surface area contributed by atoms with Crippen molar-refractivity contribution >= 4 is 28.6 Å². The second-order valence-electron chi connectivity index (χ2n) is 7.27. The van der Waals surface area contributed by atoms with Gasteiger partial charge < -0.3 is 14.6 Å². The molecule has 7 nitrogen and oxygen atoms in total. The van der Waals surface area contributed by atoms with Gasteiger partial charge >= 0.3 is 5.97 Å². The predicted molar refractivity (Wildman–Crippen MR) is 119 cm³/mol. The van der Waals surface area contributed by atoms with Gasteiger partial charge in [-0.1, -0.05) is 49.4 Å². The second-order valence-corrected chi connectivity index (χ2v) is 7.27. The Morgan fingerprint density at radius 1 is 1.03 bits per heavy atom. The third-order valence-corrected chi connectivity index (χ3v) is 5.26. The third kappa shape index (κ3) is 4.35. The first-order valence-electron chi connectivity index (χ1n) is 10.1. The lowest BCUT2D eigenvalue weighted by atomic mass is 10.1. The maximum atomic E-state index is 12.8. The number of rotatable bonds is 7. The molecule has 4 aromatic rings. The van der Waals surface area contributed by atoms with Crippen molar-refractivity contribution < 1.29 is 14.3 Å². The van der Waals surface area contributed by atoms with Crippen molar-refractivity contribution in [2.75, 3.05) is 12.4 Å². The van der Waals surface area contributed by atoms with Gasteiger partial charge in [0.2, 0.25) is 5.91 Å². The van der Waals surface area contributed by atoms with E-state index in [2.05, 4.69) is 41.6 Å². The molecular weight excluding hydrogens is 392 g/mol. The molecule has 0 aliphatic heterocycles. The van der Waals surface area contributed by atoms with Crippen molar-refractivity contribution in [2.45, 2.75) is 26.4 Å². The van der Waals surface area contributed by atoms with Gasteiger partial charge in [0.25, 0.3) is 0 Å². The molecule has 31 heavy (non-hydrogen) atoms. The van der Waals surface area contributed by atoms with E-state index in [1.54, 1.807) is 27.7 Å². The van der Waals surface area contributed by atoms with Gasteiger partial charge in [-0.3, -0.25) is 4.79 Å². The highest BCUT2D eigenvalue weighted by Crippen LogP contribution is 2.22. The van der Waals surface area contributed by atoms with E-state index in [-0.39, 0.29) is 12.5 Å². The predicted octanol–water partition coefficient (Wildman–Crippen LogP) is 3.87. The van der Waals surface area contributed by atoms with Crippen LogP contribution in [0.25, 0.3) is 10.9 Å². The number of aromatic nitrogens is 3. The van der Waals surface area contributed by atoms with Crippen LogP contribution in [0.3, 0.4) is 0 Å². The number of carbonyl (C=O) groups is 2. The van der Waals surface area contributed by atoms with E-state index in [0.29, 0.717) is 17.9 Å². The third-order valence-electron chi connectivity index (χ3n) is 5.26. The Balaban J connectivity index is 1.50. The largest absolute Gasteiger partial charge is 0.465 e. The zero-order chi connectivity index (χ0) is 21.8. The number of hydrogen-bond donors (Lipinski definition) is 1. The molecule has 4 rings (SSSR count). The molecule has 0 spiro atoms. The maximum Gasteiger partial charge on any atom is 0.340 e. The van der Waals surface area contributed by atoms with Crippen LogP contribution in [0.4, 0.5) is 5.82 Å². The highest BCUT2D eigenvalue weighted by molar-refractivity contribution is 6.04. The summed E-state index contributed by atoms with van der Waals surface area (Å²) in [5, 5.41) is 8.01. The summed E-state index contributed by atoms with van der Waals surface area (Å²) < 4.78 is 8.38. The summed E-state index contributed by atoms with van der Waals surface area (Å²) >= 11 is 0. The molecule has 0 saturated carbocycles. The van der Waals surface area contributed by atoms with Crippen LogP contribution in [0.5, 0.6) is 0 Å². The van der Waals surface area contributed by atoms with Crippen LogP contribution in [0.1, 0.15) is 28.4 Å². The minimum absolute atomic E-state index is 0.0634. The SMILES string of the molecule is CCc1ccc(Cn2nccc2NC(=O)Cn2cc(C(=O)OC)c3ccccc32)cc1. The molecule has 0 saturated heterocycles. The number of anilines is 1. The topological polar surface area (TPSA) is 78.2 Å². The quantitative estimate of drug-likeness (QED) is 0.464. The lowest BCUT2D eigenvalue weighted by Crippen LogP contribution is -2.20. The molecule has 0 bridgehead atoms. The first-order chi connectivity index (χ1) is 15.1. The molecule has 1 amide bonds. The molecule has 7 heteroatoms. The Labute approximate surface area is 180 Å². The van der Waals surface area contributed by atoms with Gasteiger partial charge in [-0.05, 0) is 23.6 Å². The zero-order valence-electron chi connectivity index (χ0n) is 17.5. The Bertz CT molecular complexity index is 1220. The van der Waals surface area contributed by atoms with Gasteiger partial charge in [0, 0.05) is 23.2 Å². The monoisotopic (exact) mass is 416 g/mol. The number of esters is 1. The lowest BCUT2D eigenvalue weighted by molar-refractivity contribution is -0.116. The Kier molecular flexibility index (Phi) is 5.84. The fourth-order valence-corrected chi connectivity index (χ4v) is 3.61. The van der Waals surface area contributed by atoms with Gasteiger partial charge in [-0.15, -0.1) is 0 Å². The van der Waals surface area contributed by atoms with Crippen molar-refractivity contribution in [3.05, 3.63) is 83.7 Å². The Hall–Kier alpha value is -3.87. The van der Waals surface area contributed by atoms with Gasteiger partial charge in [-0.25, -0.2) is 9.48 Å². The second kappa shape index (κ2) is 8.87. The molecule has 0 fully saturated rings. The van der Waals surface area contributed by atoms with Crippen molar-refractivity contribution in [2.24, 2.45) is 0 Å². The maximum absolute atomic E-state index is 12.8. The number of nitrogens with one attached hydrogen (secondary N) is 1. The summed E-state index contributed by atoms with van der Waals surface area (Å²) in [5.74, 6) is -0.0167. The van der Waals surface area contributed by atoms with Crippen LogP contribution in [-0.4, -0.2) is 33.3 Å². The normalized spacial score (nSPS) is 10.9. The molecule has 158 valence electrons. The number of para-hydroxylation sites is 1. The van der Waals surface area contributed by atoms with E-state index in [1.807, 2.05) is 24.3 Å². The molecule has 0 radical (unpaired) electrons. The van der Waals surface area contributed by atoms with Gasteiger partial charge in [0.1, 0.15) is 12.4 Å². The number of nitrogens with zero attached hydrogens (tertiary/aromatic N) is 3. The average Bonchev–Trinajstić information content (AvgIpc) is 3.38. The lowest BCUT2D eigenvalue weighted by Gasteiger charge is -2.10. The summed E-state index contributed by atoms with van der Waals surface area (Å²) in [6, 6.07) is 17.6. The van der Waals surface area contributed by atoms with Crippen molar-refractivity contribution in [1.82, 2.24) is 14.3 Å². The molecule has 2 aromatic carbocycles. The molecule has 1 N–H and O–H groups in total. The summed E-state index contributed by atoms with van der Waals surface area (Å²) in [5.41, 5.74) is 3.62. The van der Waals surface area contributed by atoms with Crippen LogP contribution < -0.4 is 5.32 Å². The number of carbonyl (C=O) groups excluding carboxylic acids is 2. The van der Waals surface area contributed by atoms with Gasteiger partial charge in [0.05, 0.1) is 25.4 Å². The fraction of sp³-hybridized carbons (Fsp3) is 0.208. The summed E-state index contributed by atoms with van der Waals surface area (Å²) in [7, 11) is 1.35. The molecule has 2 heterocycles. The van der Waals surface area contributed by atoms with E-state index in [4.69, 9.17) is 4.74 Å². The minimum atomic E-state index is -0.428. The number of hydrogen-bond acceptors (Lipinski definition) is 4. The molecule has 0 unspecified atom stereocenters. The molecule has 0 aliphatic carbocycles. The van der Waals surface area contributed by atoms with Crippen LogP contribution in [-0.2, 0) is 29.0 Å². The number of amides is 1. The molecule has 0 atom stereocenters. The smallest absolute Gasteiger partial charge is 0.340 e. The number of ether oxygens (including phenoxy) is 1. The fourth-order valence-electron chi connectivity index (χ4n) is 3.61. The van der Waals surface area contributed by atoms with Crippen LogP contribution >= 0.6 is 0 Å². The van der Waals surface area contributed by atoms with E-state index >= 15 is 0 Å². The molecule has 2 aromatic heterocycles. The first-order valence-corrected chi connectivity index (χ1v) is 10.1. The van der Waals surface area contributed by atoms with E-state index < -0.39 is 5.97 Å². The van der Waals surface area contributed by atoms with Crippen molar-refractivity contribution in [1.29, 1.82) is 0 Å². The van der Waals surface area contributed by atoms with Crippen molar-refractivity contribution in [3.63, 3.8) is 0 Å². The highest BCUT2D eigenvalue weighted by Gasteiger charge is 2.17. The van der Waals surface area contributed by atoms with Gasteiger partial charge in [-0.2, -0.15) is 5.10 Å². The number of methoxy groups -OCH3 is 1. The molecule has 0 aliphatic rings.